The fourth-order valence-electron chi connectivity index (χ4n) is 2.28. The van der Waals surface area contributed by atoms with Crippen LogP contribution in [0.25, 0.3) is 0 Å². The van der Waals surface area contributed by atoms with Gasteiger partial charge in [-0.2, -0.15) is 0 Å². The molecule has 104 valence electrons. The molecule has 0 saturated heterocycles. The van der Waals surface area contributed by atoms with Gasteiger partial charge in [0.1, 0.15) is 0 Å². The number of rotatable bonds is 6. The van der Waals surface area contributed by atoms with Gasteiger partial charge in [-0.1, -0.05) is 37.6 Å². The number of halogens is 1. The van der Waals surface area contributed by atoms with Gasteiger partial charge in [-0.25, -0.2) is 0 Å². The second-order valence-corrected chi connectivity index (χ2v) is 6.23. The van der Waals surface area contributed by atoms with E-state index in [1.54, 1.807) is 0 Å². The van der Waals surface area contributed by atoms with Gasteiger partial charge in [-0.05, 0) is 42.9 Å². The van der Waals surface area contributed by atoms with E-state index in [0.29, 0.717) is 24.3 Å². The average molecular weight is 280 g/mol. The first-order chi connectivity index (χ1) is 9.06. The molecule has 1 amide bonds. The lowest BCUT2D eigenvalue weighted by molar-refractivity contribution is -0.132. The number of carbonyl (C=O) groups is 1. The Labute approximate surface area is 120 Å². The molecule has 1 aromatic rings. The van der Waals surface area contributed by atoms with Crippen LogP contribution in [-0.4, -0.2) is 23.4 Å². The van der Waals surface area contributed by atoms with Crippen molar-refractivity contribution in [3.63, 3.8) is 0 Å². The lowest BCUT2D eigenvalue weighted by Crippen LogP contribution is -2.36. The highest BCUT2D eigenvalue weighted by Gasteiger charge is 2.32. The molecule has 3 heteroatoms. The van der Waals surface area contributed by atoms with Crippen molar-refractivity contribution in [3.8, 4) is 0 Å². The second-order valence-electron chi connectivity index (χ2n) is 5.80. The Kier molecular flexibility index (Phi) is 4.87. The van der Waals surface area contributed by atoms with Crippen molar-refractivity contribution in [2.75, 3.05) is 6.54 Å². The first-order valence-corrected chi connectivity index (χ1v) is 7.48. The molecule has 0 spiro atoms. The summed E-state index contributed by atoms with van der Waals surface area (Å²) in [5, 5.41) is 0.745. The Balaban J connectivity index is 1.86. The second kappa shape index (κ2) is 6.42. The zero-order chi connectivity index (χ0) is 13.8. The van der Waals surface area contributed by atoms with Crippen molar-refractivity contribution >= 4 is 17.5 Å². The molecule has 0 heterocycles. The molecule has 0 aliphatic heterocycles. The predicted octanol–water partition coefficient (Wildman–Crippen LogP) is 3.92. The van der Waals surface area contributed by atoms with Crippen LogP contribution in [0.15, 0.2) is 24.3 Å². The molecule has 1 aromatic carbocycles. The number of amides is 1. The minimum absolute atomic E-state index is 0.297. The topological polar surface area (TPSA) is 20.3 Å². The van der Waals surface area contributed by atoms with Crippen molar-refractivity contribution in [3.05, 3.63) is 34.9 Å². The van der Waals surface area contributed by atoms with E-state index in [0.717, 1.165) is 18.0 Å². The van der Waals surface area contributed by atoms with E-state index < -0.39 is 0 Å². The molecule has 0 atom stereocenters. The van der Waals surface area contributed by atoms with E-state index in [1.165, 1.54) is 18.4 Å². The predicted molar refractivity (Wildman–Crippen MR) is 79.3 cm³/mol. The first-order valence-electron chi connectivity index (χ1n) is 7.10. The molecule has 1 aliphatic carbocycles. The maximum Gasteiger partial charge on any atom is 0.223 e. The first kappa shape index (κ1) is 14.4. The van der Waals surface area contributed by atoms with Crippen LogP contribution < -0.4 is 0 Å². The molecule has 0 N–H and O–H groups in total. The van der Waals surface area contributed by atoms with Crippen molar-refractivity contribution in [1.82, 2.24) is 4.90 Å². The Morgan fingerprint density at radius 3 is 2.47 bits per heavy atom. The SMILES string of the molecule is CC(C)CN(C(=O)CCc1ccc(Cl)cc1)C1CC1. The van der Waals surface area contributed by atoms with Crippen LogP contribution in [0.2, 0.25) is 5.02 Å². The summed E-state index contributed by atoms with van der Waals surface area (Å²) in [6, 6.07) is 8.28. The van der Waals surface area contributed by atoms with Gasteiger partial charge in [0.15, 0.2) is 0 Å². The highest BCUT2D eigenvalue weighted by Crippen LogP contribution is 2.28. The monoisotopic (exact) mass is 279 g/mol. The number of nitrogens with zero attached hydrogens (tertiary/aromatic N) is 1. The number of aryl methyl sites for hydroxylation is 1. The standard InChI is InChI=1S/C16H22ClNO/c1-12(2)11-18(15-8-9-15)16(19)10-5-13-3-6-14(17)7-4-13/h3-4,6-7,12,15H,5,8-11H2,1-2H3. The largest absolute Gasteiger partial charge is 0.339 e. The van der Waals surface area contributed by atoms with E-state index in [9.17, 15) is 4.79 Å². The minimum atomic E-state index is 0.297. The molecular formula is C16H22ClNO. The van der Waals surface area contributed by atoms with Crippen molar-refractivity contribution in [2.45, 2.75) is 45.6 Å². The van der Waals surface area contributed by atoms with Gasteiger partial charge in [-0.3, -0.25) is 4.79 Å². The smallest absolute Gasteiger partial charge is 0.223 e. The lowest BCUT2D eigenvalue weighted by atomic mass is 10.1. The van der Waals surface area contributed by atoms with Crippen LogP contribution in [0.3, 0.4) is 0 Å². The third-order valence-corrected chi connectivity index (χ3v) is 3.66. The number of hydrogen-bond acceptors (Lipinski definition) is 1. The van der Waals surface area contributed by atoms with Crippen molar-refractivity contribution < 1.29 is 4.79 Å². The van der Waals surface area contributed by atoms with Gasteiger partial charge in [0.2, 0.25) is 5.91 Å². The average Bonchev–Trinajstić information content (AvgIpc) is 3.19. The van der Waals surface area contributed by atoms with Crippen LogP contribution >= 0.6 is 11.6 Å². The molecule has 0 aromatic heterocycles. The molecule has 0 radical (unpaired) electrons. The van der Waals surface area contributed by atoms with Gasteiger partial charge < -0.3 is 4.90 Å². The molecule has 1 fully saturated rings. The number of hydrogen-bond donors (Lipinski definition) is 0. The van der Waals surface area contributed by atoms with Crippen LogP contribution in [0.5, 0.6) is 0 Å². The summed E-state index contributed by atoms with van der Waals surface area (Å²) in [4.78, 5) is 14.4. The molecule has 19 heavy (non-hydrogen) atoms. The Hall–Kier alpha value is -1.02. The van der Waals surface area contributed by atoms with E-state index in [-0.39, 0.29) is 0 Å². The highest BCUT2D eigenvalue weighted by atomic mass is 35.5. The Morgan fingerprint density at radius 1 is 1.32 bits per heavy atom. The maximum atomic E-state index is 12.3. The molecular weight excluding hydrogens is 258 g/mol. The van der Waals surface area contributed by atoms with Gasteiger partial charge in [-0.15, -0.1) is 0 Å². The van der Waals surface area contributed by atoms with Gasteiger partial charge >= 0.3 is 0 Å². The molecule has 2 nitrogen and oxygen atoms in total. The summed E-state index contributed by atoms with van der Waals surface area (Å²) in [6.45, 7) is 5.23. The minimum Gasteiger partial charge on any atom is -0.339 e. The normalized spacial score (nSPS) is 14.7. The van der Waals surface area contributed by atoms with Gasteiger partial charge in [0.25, 0.3) is 0 Å². The van der Waals surface area contributed by atoms with Crippen LogP contribution in [-0.2, 0) is 11.2 Å². The summed E-state index contributed by atoms with van der Waals surface area (Å²) in [5.74, 6) is 0.839. The summed E-state index contributed by atoms with van der Waals surface area (Å²) in [6.07, 6.45) is 3.76. The van der Waals surface area contributed by atoms with Crippen LogP contribution in [0, 0.1) is 5.92 Å². The third kappa shape index (κ3) is 4.54. The number of benzene rings is 1. The van der Waals surface area contributed by atoms with E-state index >= 15 is 0 Å². The molecule has 1 saturated carbocycles. The zero-order valence-electron chi connectivity index (χ0n) is 11.7. The summed E-state index contributed by atoms with van der Waals surface area (Å²) < 4.78 is 0. The Bertz CT molecular complexity index is 423. The summed E-state index contributed by atoms with van der Waals surface area (Å²) >= 11 is 5.86. The molecule has 2 rings (SSSR count). The van der Waals surface area contributed by atoms with E-state index in [2.05, 4.69) is 18.7 Å². The van der Waals surface area contributed by atoms with Crippen LogP contribution in [0.1, 0.15) is 38.7 Å². The molecule has 1 aliphatic rings. The van der Waals surface area contributed by atoms with E-state index in [4.69, 9.17) is 11.6 Å². The van der Waals surface area contributed by atoms with Crippen molar-refractivity contribution in [2.24, 2.45) is 5.92 Å². The summed E-state index contributed by atoms with van der Waals surface area (Å²) in [5.41, 5.74) is 1.18. The van der Waals surface area contributed by atoms with Crippen LogP contribution in [0.4, 0.5) is 0 Å². The van der Waals surface area contributed by atoms with Crippen molar-refractivity contribution in [1.29, 1.82) is 0 Å². The lowest BCUT2D eigenvalue weighted by Gasteiger charge is -2.24. The Morgan fingerprint density at radius 2 is 1.95 bits per heavy atom. The summed E-state index contributed by atoms with van der Waals surface area (Å²) in [7, 11) is 0. The van der Waals surface area contributed by atoms with E-state index in [1.807, 2.05) is 24.3 Å². The van der Waals surface area contributed by atoms with Gasteiger partial charge in [0, 0.05) is 24.0 Å². The third-order valence-electron chi connectivity index (χ3n) is 3.41. The quantitative estimate of drug-likeness (QED) is 0.773. The number of carbonyl (C=O) groups excluding carboxylic acids is 1. The maximum absolute atomic E-state index is 12.3. The molecule has 0 unspecified atom stereocenters. The molecule has 0 bridgehead atoms. The fourth-order valence-corrected chi connectivity index (χ4v) is 2.41. The fraction of sp³-hybridized carbons (Fsp3) is 0.562. The van der Waals surface area contributed by atoms with Gasteiger partial charge in [0.05, 0.1) is 0 Å². The zero-order valence-corrected chi connectivity index (χ0v) is 12.5. The highest BCUT2D eigenvalue weighted by molar-refractivity contribution is 6.30.